The predicted molar refractivity (Wildman–Crippen MR) is 268 cm³/mol. The number of unbranched alkanes of at least 4 members (excludes halogenated alkanes) is 1. The number of aliphatic imine (C=N–C) groups is 1. The number of hydrogen-bond donors (Lipinski definition) is 14. The quantitative estimate of drug-likeness (QED) is 0.0176. The fourth-order valence-corrected chi connectivity index (χ4v) is 7.24. The minimum atomic E-state index is -1.67. The Labute approximate surface area is 429 Å². The average molecular weight is 1050 g/mol. The molecule has 0 aliphatic rings. The van der Waals surface area contributed by atoms with E-state index >= 15 is 0 Å². The number of nitrogens with zero attached hydrogens (tertiary/aromatic N) is 3. The van der Waals surface area contributed by atoms with Crippen molar-refractivity contribution in [3.63, 3.8) is 0 Å². The number of carbonyl (C=O) groups is 11. The van der Waals surface area contributed by atoms with Crippen LogP contribution < -0.4 is 60.6 Å². The number of guanidine groups is 1. The maximum Gasteiger partial charge on any atom is 0.325 e. The molecule has 0 radical (unpaired) electrons. The number of aromatic hydroxyl groups is 1. The van der Waals surface area contributed by atoms with Crippen molar-refractivity contribution in [2.75, 3.05) is 33.7 Å². The van der Waals surface area contributed by atoms with Crippen molar-refractivity contribution < 1.29 is 68.1 Å². The molecule has 0 aliphatic heterocycles. The summed E-state index contributed by atoms with van der Waals surface area (Å²) in [4.78, 5) is 150. The Bertz CT molecular complexity index is 2140. The van der Waals surface area contributed by atoms with Crippen LogP contribution in [0.25, 0.3) is 0 Å². The first kappa shape index (κ1) is 64.4. The molecule has 0 spiro atoms. The van der Waals surface area contributed by atoms with Crippen molar-refractivity contribution in [3.8, 4) is 5.75 Å². The van der Waals surface area contributed by atoms with Gasteiger partial charge in [-0.25, -0.2) is 0 Å². The summed E-state index contributed by atoms with van der Waals surface area (Å²) >= 11 is 0. The molecule has 0 aliphatic carbocycles. The molecule has 19 N–H and O–H groups in total. The van der Waals surface area contributed by atoms with Crippen LogP contribution in [-0.4, -0.2) is 178 Å². The Hall–Kier alpha value is -7.62. The maximum atomic E-state index is 14.2. The zero-order chi connectivity index (χ0) is 56.4. The number of benzene rings is 1. The van der Waals surface area contributed by atoms with E-state index < -0.39 is 145 Å². The summed E-state index contributed by atoms with van der Waals surface area (Å²) in [6.45, 7) is 5.65. The maximum absolute atomic E-state index is 14.2. The van der Waals surface area contributed by atoms with Crippen LogP contribution in [0.3, 0.4) is 0 Å². The van der Waals surface area contributed by atoms with E-state index in [0.29, 0.717) is 37.8 Å². The molecule has 28 heteroatoms. The van der Waals surface area contributed by atoms with Crippen LogP contribution in [0.15, 0.2) is 29.3 Å². The molecular formula is C46H76N14O14. The summed E-state index contributed by atoms with van der Waals surface area (Å²) in [7, 11) is 2.59. The van der Waals surface area contributed by atoms with Crippen LogP contribution in [0.4, 0.5) is 0 Å². The number of primary amides is 1. The number of phenolic OH excluding ortho intramolecular Hbond substituents is 1. The molecule has 74 heavy (non-hydrogen) atoms. The molecule has 1 aromatic rings. The van der Waals surface area contributed by atoms with E-state index in [2.05, 4.69) is 36.9 Å². The minimum absolute atomic E-state index is 0.00594. The van der Waals surface area contributed by atoms with Gasteiger partial charge in [0.2, 0.25) is 53.2 Å². The van der Waals surface area contributed by atoms with Gasteiger partial charge in [-0.15, -0.1) is 0 Å². The van der Waals surface area contributed by atoms with Gasteiger partial charge in [0, 0.05) is 33.5 Å². The average Bonchev–Trinajstić information content (AvgIpc) is 3.32. The highest BCUT2D eigenvalue weighted by atomic mass is 16.4. The lowest BCUT2D eigenvalue weighted by Gasteiger charge is -2.35. The zero-order valence-electron chi connectivity index (χ0n) is 42.8. The molecule has 9 atom stereocenters. The van der Waals surface area contributed by atoms with Gasteiger partial charge < -0.3 is 85.7 Å². The first-order valence-electron chi connectivity index (χ1n) is 24.0. The van der Waals surface area contributed by atoms with E-state index in [9.17, 15) is 68.1 Å². The van der Waals surface area contributed by atoms with Crippen LogP contribution in [0, 0.1) is 5.92 Å². The number of nitrogens with one attached hydrogen (secondary N) is 6. The highest BCUT2D eigenvalue weighted by Gasteiger charge is 2.38. The van der Waals surface area contributed by atoms with Crippen LogP contribution in [0.5, 0.6) is 5.75 Å². The second-order valence-electron chi connectivity index (χ2n) is 17.9. The number of likely N-dealkylation sites (N-methyl/N-ethyl adjacent to an activating group) is 2. The standard InChI is InChI=1S/C46H76N14O14/c1-7-24(2)37(42(70)54-26(4)45(73)74)60(6)44(72)31(12-10-20-52-46(50)51)57-39(67)30(17-18-36(64)65)56-38(66)25(3)53-40(68)32(21-27-13-15-28(61)16-14-27)58-41(69)33(22-34(49)62)55-35(63)23-59(5)43(71)29(48)11-8-9-19-47/h13-16,24-26,29-33,37,61H,7-12,17-23,47-48H2,1-6H3,(H2,49,62)(H,53,68)(H,54,70)(H,55,63)(H,56,66)(H,57,67)(H,58,69)(H,64,65)(H,73,74)(H4,50,51,52)/t24-,25-,26-,29-,30-,31-,32-,33-,37-/m0/s1. The Morgan fingerprint density at radius 1 is 0.662 bits per heavy atom. The highest BCUT2D eigenvalue weighted by Crippen LogP contribution is 2.18. The fourth-order valence-electron chi connectivity index (χ4n) is 7.24. The van der Waals surface area contributed by atoms with Gasteiger partial charge in [-0.2, -0.15) is 0 Å². The fraction of sp³-hybridized carbons (Fsp3) is 0.609. The number of phenols is 1. The summed E-state index contributed by atoms with van der Waals surface area (Å²) in [5.74, 6) is -11.9. The molecule has 0 heterocycles. The van der Waals surface area contributed by atoms with Crippen molar-refractivity contribution in [1.29, 1.82) is 0 Å². The summed E-state index contributed by atoms with van der Waals surface area (Å²) in [6.07, 6.45) is -0.435. The van der Waals surface area contributed by atoms with Gasteiger partial charge in [-0.1, -0.05) is 38.8 Å². The van der Waals surface area contributed by atoms with Crippen molar-refractivity contribution in [2.45, 2.75) is 140 Å². The number of amides is 9. The summed E-state index contributed by atoms with van der Waals surface area (Å²) in [6, 6.07) is -5.89. The molecule has 28 nitrogen and oxygen atoms in total. The topological polar surface area (TPSA) is 470 Å². The minimum Gasteiger partial charge on any atom is -0.508 e. The summed E-state index contributed by atoms with van der Waals surface area (Å²) in [5, 5.41) is 43.3. The Morgan fingerprint density at radius 3 is 1.78 bits per heavy atom. The summed E-state index contributed by atoms with van der Waals surface area (Å²) < 4.78 is 0. The Balaban J connectivity index is 3.49. The molecule has 414 valence electrons. The molecule has 0 aromatic heterocycles. The summed E-state index contributed by atoms with van der Waals surface area (Å²) in [5.41, 5.74) is 28.2. The molecule has 0 bridgehead atoms. The highest BCUT2D eigenvalue weighted by molar-refractivity contribution is 5.98. The van der Waals surface area contributed by atoms with Crippen molar-refractivity contribution in [2.24, 2.45) is 39.6 Å². The van der Waals surface area contributed by atoms with E-state index in [-0.39, 0.29) is 37.5 Å². The molecule has 1 rings (SSSR count). The molecule has 9 amide bonds. The van der Waals surface area contributed by atoms with Crippen molar-refractivity contribution in [1.82, 2.24) is 41.7 Å². The lowest BCUT2D eigenvalue weighted by Crippen LogP contribution is -2.60. The van der Waals surface area contributed by atoms with Gasteiger partial charge in [0.25, 0.3) is 0 Å². The van der Waals surface area contributed by atoms with Gasteiger partial charge in [-0.3, -0.25) is 57.7 Å². The first-order chi connectivity index (χ1) is 34.6. The number of hydrogen-bond acceptors (Lipinski definition) is 15. The third-order valence-electron chi connectivity index (χ3n) is 11.6. The zero-order valence-corrected chi connectivity index (χ0v) is 42.8. The molecule has 0 unspecified atom stereocenters. The van der Waals surface area contributed by atoms with Crippen LogP contribution >= 0.6 is 0 Å². The van der Waals surface area contributed by atoms with E-state index in [1.807, 2.05) is 0 Å². The number of carboxylic acid groups (broad SMARTS) is 2. The van der Waals surface area contributed by atoms with Crippen LogP contribution in [-0.2, 0) is 59.2 Å². The third kappa shape index (κ3) is 23.3. The molecule has 0 fully saturated rings. The van der Waals surface area contributed by atoms with Crippen LogP contribution in [0.1, 0.15) is 91.0 Å². The monoisotopic (exact) mass is 1050 g/mol. The van der Waals surface area contributed by atoms with Gasteiger partial charge in [0.05, 0.1) is 19.0 Å². The Kier molecular flexibility index (Phi) is 28.2. The number of carbonyl (C=O) groups excluding carboxylic acids is 9. The van der Waals surface area contributed by atoms with E-state index in [4.69, 9.17) is 28.7 Å². The third-order valence-corrected chi connectivity index (χ3v) is 11.6. The van der Waals surface area contributed by atoms with Gasteiger partial charge in [0.15, 0.2) is 5.96 Å². The number of carboxylic acids is 2. The van der Waals surface area contributed by atoms with Crippen molar-refractivity contribution >= 4 is 71.1 Å². The second kappa shape index (κ2) is 32.5. The van der Waals surface area contributed by atoms with Gasteiger partial charge in [-0.05, 0) is 76.1 Å². The predicted octanol–water partition coefficient (Wildman–Crippen LogP) is -4.45. The number of nitrogens with two attached hydrogens (primary N) is 5. The molecule has 0 saturated heterocycles. The smallest absolute Gasteiger partial charge is 0.325 e. The number of aliphatic carboxylic acids is 2. The molecule has 1 aromatic carbocycles. The molecular weight excluding hydrogens is 973 g/mol. The number of rotatable bonds is 34. The van der Waals surface area contributed by atoms with Crippen molar-refractivity contribution in [3.05, 3.63) is 29.8 Å². The SMILES string of the molecule is CC[C@H](C)[C@@H](C(=O)N[C@@H](C)C(=O)O)N(C)C(=O)[C@H](CCCN=C(N)N)NC(=O)[C@H](CCC(=O)O)NC(=O)[C@H](C)NC(=O)[C@H](Cc1ccc(O)cc1)NC(=O)[C@H](CC(N)=O)NC(=O)CN(C)C(=O)[C@@H](N)CCCCN. The largest absolute Gasteiger partial charge is 0.508 e. The lowest BCUT2D eigenvalue weighted by atomic mass is 9.95. The Morgan fingerprint density at radius 2 is 1.23 bits per heavy atom. The van der Waals surface area contributed by atoms with E-state index in [1.54, 1.807) is 13.8 Å². The van der Waals surface area contributed by atoms with Gasteiger partial charge >= 0.3 is 11.9 Å². The van der Waals surface area contributed by atoms with E-state index in [1.165, 1.54) is 52.2 Å². The van der Waals surface area contributed by atoms with E-state index in [0.717, 1.165) is 9.80 Å². The van der Waals surface area contributed by atoms with Gasteiger partial charge in [0.1, 0.15) is 48.0 Å². The first-order valence-corrected chi connectivity index (χ1v) is 24.0. The lowest BCUT2D eigenvalue weighted by molar-refractivity contribution is -0.146. The second-order valence-corrected chi connectivity index (χ2v) is 17.9. The molecule has 0 saturated carbocycles. The van der Waals surface area contributed by atoms with Crippen LogP contribution in [0.2, 0.25) is 0 Å². The normalized spacial score (nSPS) is 14.5.